The van der Waals surface area contributed by atoms with Crippen LogP contribution in [0.5, 0.6) is 0 Å². The summed E-state index contributed by atoms with van der Waals surface area (Å²) in [7, 11) is 0. The Labute approximate surface area is 254 Å². The lowest BCUT2D eigenvalue weighted by molar-refractivity contribution is -0.135. The van der Waals surface area contributed by atoms with Gasteiger partial charge >= 0.3 is 5.97 Å². The summed E-state index contributed by atoms with van der Waals surface area (Å²) in [6, 6.07) is 13.9. The van der Waals surface area contributed by atoms with E-state index >= 15 is 0 Å². The molecule has 2 aliphatic carbocycles. The van der Waals surface area contributed by atoms with Crippen LogP contribution in [0.25, 0.3) is 22.4 Å². The van der Waals surface area contributed by atoms with E-state index in [9.17, 15) is 19.2 Å². The van der Waals surface area contributed by atoms with Gasteiger partial charge in [-0.3, -0.25) is 19.2 Å². The Kier molecular flexibility index (Phi) is 8.19. The maximum atomic E-state index is 13.6. The summed E-state index contributed by atoms with van der Waals surface area (Å²) in [4.78, 5) is 55.0. The molecule has 0 spiro atoms. The van der Waals surface area contributed by atoms with Crippen LogP contribution in [0.4, 0.5) is 5.69 Å². The van der Waals surface area contributed by atoms with E-state index in [0.717, 1.165) is 48.1 Å². The molecule has 0 aliphatic heterocycles. The zero-order chi connectivity index (χ0) is 30.7. The zero-order valence-corrected chi connectivity index (χ0v) is 24.3. The molecule has 228 valence electrons. The van der Waals surface area contributed by atoms with Crippen LogP contribution in [0.2, 0.25) is 0 Å². The van der Waals surface area contributed by atoms with Crippen molar-refractivity contribution in [3.8, 4) is 11.4 Å². The Balaban J connectivity index is 1.20. The molecule has 2 aromatic heterocycles. The van der Waals surface area contributed by atoms with Crippen molar-refractivity contribution in [2.24, 2.45) is 0 Å². The average Bonchev–Trinajstić information content (AvgIpc) is 3.81. The summed E-state index contributed by atoms with van der Waals surface area (Å²) in [6.07, 6.45) is 11.7. The summed E-state index contributed by atoms with van der Waals surface area (Å²) >= 11 is 0. The SMILES string of the molecule is O=C(O)CNC(=O)c1ccc(NC(=O)C2(NC(=O)c3ccc4c(c3)nc(-c3ccoc3)n4C3CCCCC3)CCCC2)cc1. The van der Waals surface area contributed by atoms with Crippen LogP contribution in [0.15, 0.2) is 65.5 Å². The minimum absolute atomic E-state index is 0.269. The monoisotopic (exact) mass is 597 g/mol. The van der Waals surface area contributed by atoms with E-state index in [-0.39, 0.29) is 17.4 Å². The quantitative estimate of drug-likeness (QED) is 0.204. The van der Waals surface area contributed by atoms with Gasteiger partial charge in [-0.05, 0) is 74.2 Å². The van der Waals surface area contributed by atoms with Crippen LogP contribution < -0.4 is 16.0 Å². The number of nitrogens with zero attached hydrogens (tertiary/aromatic N) is 2. The van der Waals surface area contributed by atoms with Crippen LogP contribution >= 0.6 is 0 Å². The van der Waals surface area contributed by atoms with Crippen molar-refractivity contribution in [2.75, 3.05) is 11.9 Å². The molecule has 44 heavy (non-hydrogen) atoms. The Bertz CT molecular complexity index is 1680. The van der Waals surface area contributed by atoms with Gasteiger partial charge in [0.05, 0.1) is 22.9 Å². The number of aromatic nitrogens is 2. The third-order valence-electron chi connectivity index (χ3n) is 8.72. The van der Waals surface area contributed by atoms with E-state index in [4.69, 9.17) is 14.5 Å². The Hall–Kier alpha value is -4.93. The first-order chi connectivity index (χ1) is 21.3. The molecule has 2 heterocycles. The van der Waals surface area contributed by atoms with Crippen LogP contribution in [0.1, 0.15) is 84.5 Å². The van der Waals surface area contributed by atoms with Gasteiger partial charge in [-0.2, -0.15) is 0 Å². The number of imidazole rings is 1. The van der Waals surface area contributed by atoms with E-state index in [1.54, 1.807) is 36.8 Å². The zero-order valence-electron chi connectivity index (χ0n) is 24.3. The third-order valence-corrected chi connectivity index (χ3v) is 8.72. The highest BCUT2D eigenvalue weighted by molar-refractivity contribution is 6.05. The number of carboxylic acids is 1. The number of rotatable bonds is 9. The van der Waals surface area contributed by atoms with E-state index in [2.05, 4.69) is 20.5 Å². The lowest BCUT2D eigenvalue weighted by Gasteiger charge is -2.29. The predicted octanol–water partition coefficient (Wildman–Crippen LogP) is 5.30. The summed E-state index contributed by atoms with van der Waals surface area (Å²) in [5.74, 6) is -1.50. The van der Waals surface area contributed by atoms with Gasteiger partial charge in [0.25, 0.3) is 11.8 Å². The first kappa shape index (κ1) is 29.2. The van der Waals surface area contributed by atoms with E-state index < -0.39 is 24.0 Å². The fourth-order valence-corrected chi connectivity index (χ4v) is 6.43. The van der Waals surface area contributed by atoms with Gasteiger partial charge in [0, 0.05) is 22.9 Å². The second kappa shape index (κ2) is 12.4. The molecule has 3 amide bonds. The van der Waals surface area contributed by atoms with E-state index in [0.29, 0.717) is 30.1 Å². The summed E-state index contributed by atoms with van der Waals surface area (Å²) in [5.41, 5.74) is 2.67. The van der Waals surface area contributed by atoms with Gasteiger partial charge in [-0.25, -0.2) is 4.98 Å². The molecular formula is C33H35N5O6. The number of furan rings is 1. The Morgan fingerprint density at radius 1 is 0.909 bits per heavy atom. The fraction of sp³-hybridized carbons (Fsp3) is 0.364. The highest BCUT2D eigenvalue weighted by Crippen LogP contribution is 2.37. The lowest BCUT2D eigenvalue weighted by atomic mass is 9.94. The average molecular weight is 598 g/mol. The molecule has 2 fully saturated rings. The summed E-state index contributed by atoms with van der Waals surface area (Å²) in [5, 5.41) is 17.0. The highest BCUT2D eigenvalue weighted by atomic mass is 16.4. The smallest absolute Gasteiger partial charge is 0.322 e. The molecule has 11 nitrogen and oxygen atoms in total. The molecular weight excluding hydrogens is 562 g/mol. The number of anilines is 1. The summed E-state index contributed by atoms with van der Waals surface area (Å²) in [6.45, 7) is -0.486. The van der Waals surface area contributed by atoms with Crippen molar-refractivity contribution in [2.45, 2.75) is 69.4 Å². The molecule has 11 heteroatoms. The van der Waals surface area contributed by atoms with Crippen LogP contribution in [0.3, 0.4) is 0 Å². The summed E-state index contributed by atoms with van der Waals surface area (Å²) < 4.78 is 7.65. The van der Waals surface area contributed by atoms with Crippen molar-refractivity contribution in [3.63, 3.8) is 0 Å². The van der Waals surface area contributed by atoms with Gasteiger partial charge in [0.1, 0.15) is 24.2 Å². The number of carbonyl (C=O) groups is 4. The Morgan fingerprint density at radius 3 is 2.32 bits per heavy atom. The Morgan fingerprint density at radius 2 is 1.64 bits per heavy atom. The van der Waals surface area contributed by atoms with Crippen LogP contribution in [0, 0.1) is 0 Å². The molecule has 0 radical (unpaired) electrons. The molecule has 2 saturated carbocycles. The van der Waals surface area contributed by atoms with Crippen molar-refractivity contribution in [1.29, 1.82) is 0 Å². The van der Waals surface area contributed by atoms with Crippen LogP contribution in [-0.2, 0) is 9.59 Å². The molecule has 0 unspecified atom stereocenters. The largest absolute Gasteiger partial charge is 0.480 e. The molecule has 4 N–H and O–H groups in total. The molecule has 0 saturated heterocycles. The van der Waals surface area contributed by atoms with E-state index in [1.807, 2.05) is 12.1 Å². The first-order valence-electron chi connectivity index (χ1n) is 15.1. The molecule has 4 aromatic rings. The third kappa shape index (κ3) is 5.95. The highest BCUT2D eigenvalue weighted by Gasteiger charge is 2.42. The number of hydrogen-bond acceptors (Lipinski definition) is 6. The van der Waals surface area contributed by atoms with Crippen molar-refractivity contribution in [3.05, 3.63) is 72.2 Å². The number of carboxylic acid groups (broad SMARTS) is 1. The van der Waals surface area contributed by atoms with Crippen molar-refractivity contribution < 1.29 is 28.7 Å². The second-order valence-electron chi connectivity index (χ2n) is 11.7. The number of hydrogen-bond donors (Lipinski definition) is 4. The first-order valence-corrected chi connectivity index (χ1v) is 15.1. The van der Waals surface area contributed by atoms with E-state index in [1.165, 1.54) is 31.4 Å². The number of aliphatic carboxylic acids is 1. The topological polar surface area (TPSA) is 156 Å². The molecule has 0 bridgehead atoms. The fourth-order valence-electron chi connectivity index (χ4n) is 6.43. The van der Waals surface area contributed by atoms with Gasteiger partial charge in [-0.15, -0.1) is 0 Å². The number of carbonyl (C=O) groups excluding carboxylic acids is 3. The number of nitrogens with one attached hydrogen (secondary N) is 3. The maximum absolute atomic E-state index is 13.6. The van der Waals surface area contributed by atoms with Crippen LogP contribution in [-0.4, -0.2) is 50.4 Å². The number of benzene rings is 2. The maximum Gasteiger partial charge on any atom is 0.322 e. The van der Waals surface area contributed by atoms with Gasteiger partial charge in [0.2, 0.25) is 5.91 Å². The molecule has 2 aromatic carbocycles. The number of amides is 3. The standard InChI is InChI=1S/C33H35N5O6/c39-28(40)19-34-30(41)21-8-11-24(12-9-21)35-32(43)33(15-4-5-16-33)37-31(42)22-10-13-27-26(18-22)36-29(23-14-17-44-20-23)38(27)25-6-2-1-3-7-25/h8-14,17-18,20,25H,1-7,15-16,19H2,(H,34,41)(H,35,43)(H,37,42)(H,39,40). The number of fused-ring (bicyclic) bond motifs is 1. The minimum atomic E-state index is -1.14. The van der Waals surface area contributed by atoms with Gasteiger partial charge in [0.15, 0.2) is 0 Å². The molecule has 6 rings (SSSR count). The minimum Gasteiger partial charge on any atom is -0.480 e. The molecule has 2 aliphatic rings. The second-order valence-corrected chi connectivity index (χ2v) is 11.7. The molecule has 0 atom stereocenters. The van der Waals surface area contributed by atoms with Gasteiger partial charge < -0.3 is 30.0 Å². The predicted molar refractivity (Wildman–Crippen MR) is 163 cm³/mol. The van der Waals surface area contributed by atoms with Gasteiger partial charge in [-0.1, -0.05) is 32.1 Å². The lowest BCUT2D eigenvalue weighted by Crippen LogP contribution is -2.55. The van der Waals surface area contributed by atoms with Crippen molar-refractivity contribution >= 4 is 40.4 Å². The normalized spacial score (nSPS) is 16.5. The van der Waals surface area contributed by atoms with Crippen molar-refractivity contribution in [1.82, 2.24) is 20.2 Å².